The maximum absolute atomic E-state index is 13.0. The number of anilines is 1. The molecule has 3 aliphatic heterocycles. The van der Waals surface area contributed by atoms with Gasteiger partial charge in [0.2, 0.25) is 0 Å². The van der Waals surface area contributed by atoms with Gasteiger partial charge in [-0.1, -0.05) is 11.6 Å². The minimum Gasteiger partial charge on any atom is -0.444 e. The molecule has 2 bridgehead atoms. The molecule has 0 aromatic carbocycles. The van der Waals surface area contributed by atoms with Crippen LogP contribution >= 0.6 is 11.6 Å². The van der Waals surface area contributed by atoms with Crippen molar-refractivity contribution in [1.82, 2.24) is 20.0 Å². The van der Waals surface area contributed by atoms with Crippen LogP contribution in [0.2, 0.25) is 5.15 Å². The van der Waals surface area contributed by atoms with E-state index in [0.717, 1.165) is 18.4 Å². The van der Waals surface area contributed by atoms with Crippen LogP contribution in [-0.4, -0.2) is 62.9 Å². The molecule has 9 heteroatoms. The lowest BCUT2D eigenvalue weighted by molar-refractivity contribution is 0.00597. The van der Waals surface area contributed by atoms with Gasteiger partial charge in [0.25, 0.3) is 0 Å². The van der Waals surface area contributed by atoms with Gasteiger partial charge in [-0.25, -0.2) is 9.59 Å². The summed E-state index contributed by atoms with van der Waals surface area (Å²) in [4.78, 5) is 30.9. The Hall–Kier alpha value is -2.09. The number of hydrogen-bond acceptors (Lipinski definition) is 5. The first kappa shape index (κ1) is 19.2. The lowest BCUT2D eigenvalue weighted by atomic mass is 9.95. The number of hydrogen-bond donors (Lipinski definition) is 0. The fraction of sp³-hybridized carbons (Fsp3) is 0.684. The molecular formula is C19H26ClN5O3. The summed E-state index contributed by atoms with van der Waals surface area (Å²) in [5, 5.41) is 8.50. The highest BCUT2D eigenvalue weighted by Gasteiger charge is 2.48. The highest BCUT2D eigenvalue weighted by Crippen LogP contribution is 2.41. The van der Waals surface area contributed by atoms with Crippen molar-refractivity contribution >= 4 is 29.5 Å². The number of urea groups is 1. The molecule has 0 spiro atoms. The van der Waals surface area contributed by atoms with Crippen molar-refractivity contribution in [3.05, 3.63) is 16.8 Å². The Morgan fingerprint density at radius 1 is 1.18 bits per heavy atom. The van der Waals surface area contributed by atoms with Gasteiger partial charge in [0.1, 0.15) is 5.60 Å². The maximum Gasteiger partial charge on any atom is 0.410 e. The topological polar surface area (TPSA) is 78.9 Å². The second-order valence-corrected chi connectivity index (χ2v) is 9.31. The van der Waals surface area contributed by atoms with Gasteiger partial charge >= 0.3 is 12.1 Å². The van der Waals surface area contributed by atoms with Crippen molar-refractivity contribution < 1.29 is 14.3 Å². The van der Waals surface area contributed by atoms with Gasteiger partial charge in [-0.05, 0) is 52.5 Å². The Labute approximate surface area is 169 Å². The third-order valence-electron chi connectivity index (χ3n) is 5.67. The zero-order valence-corrected chi connectivity index (χ0v) is 17.4. The van der Waals surface area contributed by atoms with Crippen LogP contribution in [0.4, 0.5) is 15.4 Å². The Morgan fingerprint density at radius 2 is 1.82 bits per heavy atom. The van der Waals surface area contributed by atoms with Gasteiger partial charge < -0.3 is 14.5 Å². The number of piperidine rings is 1. The lowest BCUT2D eigenvalue weighted by Gasteiger charge is -2.45. The van der Waals surface area contributed by atoms with E-state index in [1.165, 1.54) is 0 Å². The van der Waals surface area contributed by atoms with Gasteiger partial charge in [0.15, 0.2) is 11.0 Å². The fourth-order valence-corrected chi connectivity index (χ4v) is 4.78. The molecule has 2 saturated heterocycles. The highest BCUT2D eigenvalue weighted by molar-refractivity contribution is 6.29. The molecule has 0 saturated carbocycles. The van der Waals surface area contributed by atoms with Crippen molar-refractivity contribution in [1.29, 1.82) is 0 Å². The largest absolute Gasteiger partial charge is 0.444 e. The zero-order chi connectivity index (χ0) is 20.2. The monoisotopic (exact) mass is 407 g/mol. The summed E-state index contributed by atoms with van der Waals surface area (Å²) in [5.74, 6) is 0.586. The van der Waals surface area contributed by atoms with E-state index in [0.29, 0.717) is 30.4 Å². The van der Waals surface area contributed by atoms with Crippen LogP contribution in [0.1, 0.15) is 52.0 Å². The molecule has 152 valence electrons. The summed E-state index contributed by atoms with van der Waals surface area (Å²) >= 11 is 6.00. The van der Waals surface area contributed by atoms with Gasteiger partial charge in [-0.2, -0.15) is 0 Å². The van der Waals surface area contributed by atoms with Crippen LogP contribution in [-0.2, 0) is 11.3 Å². The van der Waals surface area contributed by atoms with E-state index in [9.17, 15) is 9.59 Å². The molecule has 8 nitrogen and oxygen atoms in total. The molecule has 1 aromatic rings. The zero-order valence-electron chi connectivity index (χ0n) is 16.7. The predicted octanol–water partition coefficient (Wildman–Crippen LogP) is 3.43. The molecule has 0 aliphatic carbocycles. The first-order valence-corrected chi connectivity index (χ1v) is 10.1. The van der Waals surface area contributed by atoms with E-state index in [2.05, 4.69) is 10.2 Å². The van der Waals surface area contributed by atoms with Crippen LogP contribution in [0.15, 0.2) is 6.07 Å². The molecule has 0 N–H and O–H groups in total. The second-order valence-electron chi connectivity index (χ2n) is 8.92. The SMILES string of the molecule is CN1Cc2cc(Cl)nnc2N(C2C[C@H]3CC[C@@H](C2)N3C(=O)OC(C)(C)C)C1=O. The standard InChI is InChI=1S/C19H26ClN5O3/c1-19(2,3)28-18(27)24-12-5-6-13(24)9-14(8-12)25-16-11(7-15(20)21-22-16)10-23(4)17(25)26/h7,12-14H,5-6,8-10H2,1-4H3/t12-,13+,14?. The van der Waals surface area contributed by atoms with Gasteiger partial charge in [0, 0.05) is 30.7 Å². The number of amides is 3. The van der Waals surface area contributed by atoms with Gasteiger partial charge in [-0.15, -0.1) is 10.2 Å². The van der Waals surface area contributed by atoms with E-state index in [1.54, 1.807) is 22.9 Å². The molecule has 1 aromatic heterocycles. The molecule has 1 unspecified atom stereocenters. The summed E-state index contributed by atoms with van der Waals surface area (Å²) < 4.78 is 5.61. The van der Waals surface area contributed by atoms with E-state index >= 15 is 0 Å². The molecule has 0 radical (unpaired) electrons. The number of carbonyl (C=O) groups is 2. The number of carbonyl (C=O) groups excluding carboxylic acids is 2. The highest BCUT2D eigenvalue weighted by atomic mass is 35.5. The van der Waals surface area contributed by atoms with E-state index < -0.39 is 5.60 Å². The Bertz CT molecular complexity index is 797. The van der Waals surface area contributed by atoms with E-state index in [4.69, 9.17) is 16.3 Å². The smallest absolute Gasteiger partial charge is 0.410 e. The minimum absolute atomic E-state index is 0.0272. The number of rotatable bonds is 1. The Kier molecular flexibility index (Phi) is 4.64. The third-order valence-corrected chi connectivity index (χ3v) is 5.85. The third kappa shape index (κ3) is 3.38. The number of halogens is 1. The Balaban J connectivity index is 1.58. The van der Waals surface area contributed by atoms with E-state index in [-0.39, 0.29) is 30.2 Å². The summed E-state index contributed by atoms with van der Waals surface area (Å²) in [6.07, 6.45) is 3.01. The maximum atomic E-state index is 13.0. The molecule has 28 heavy (non-hydrogen) atoms. The summed E-state index contributed by atoms with van der Waals surface area (Å²) in [5.41, 5.74) is 0.371. The fourth-order valence-electron chi connectivity index (χ4n) is 4.61. The summed E-state index contributed by atoms with van der Waals surface area (Å²) in [7, 11) is 1.77. The molecule has 4 rings (SSSR count). The number of aromatic nitrogens is 2. The summed E-state index contributed by atoms with van der Waals surface area (Å²) in [6, 6.07) is 1.80. The first-order valence-electron chi connectivity index (χ1n) is 9.72. The molecule has 2 fully saturated rings. The Morgan fingerprint density at radius 3 is 2.43 bits per heavy atom. The van der Waals surface area contributed by atoms with Gasteiger partial charge in [-0.3, -0.25) is 4.90 Å². The van der Waals surface area contributed by atoms with Crippen molar-refractivity contribution in [3.63, 3.8) is 0 Å². The predicted molar refractivity (Wildman–Crippen MR) is 104 cm³/mol. The normalized spacial score (nSPS) is 27.1. The van der Waals surface area contributed by atoms with Crippen LogP contribution in [0.5, 0.6) is 0 Å². The van der Waals surface area contributed by atoms with Gasteiger partial charge in [0.05, 0.1) is 6.54 Å². The minimum atomic E-state index is -0.521. The van der Waals surface area contributed by atoms with Crippen molar-refractivity contribution in [2.24, 2.45) is 0 Å². The molecule has 3 aliphatic rings. The second kappa shape index (κ2) is 6.76. The molecule has 4 heterocycles. The average molecular weight is 408 g/mol. The van der Waals surface area contributed by atoms with Crippen LogP contribution < -0.4 is 4.90 Å². The molecule has 3 atom stereocenters. The quantitative estimate of drug-likeness (QED) is 0.712. The van der Waals surface area contributed by atoms with Crippen molar-refractivity contribution in [3.8, 4) is 0 Å². The number of nitrogens with zero attached hydrogens (tertiary/aromatic N) is 5. The van der Waals surface area contributed by atoms with Crippen molar-refractivity contribution in [2.75, 3.05) is 11.9 Å². The average Bonchev–Trinajstić information content (AvgIpc) is 2.85. The first-order chi connectivity index (χ1) is 13.1. The van der Waals surface area contributed by atoms with E-state index in [1.807, 2.05) is 25.7 Å². The van der Waals surface area contributed by atoms with Crippen LogP contribution in [0.3, 0.4) is 0 Å². The molecular weight excluding hydrogens is 382 g/mol. The van der Waals surface area contributed by atoms with Crippen molar-refractivity contribution in [2.45, 2.75) is 76.7 Å². The molecule has 3 amide bonds. The van der Waals surface area contributed by atoms with Crippen LogP contribution in [0.25, 0.3) is 0 Å². The number of fused-ring (bicyclic) bond motifs is 3. The number of ether oxygens (including phenoxy) is 1. The lowest BCUT2D eigenvalue weighted by Crippen LogP contribution is -2.58. The van der Waals surface area contributed by atoms with Crippen LogP contribution in [0, 0.1) is 0 Å². The summed E-state index contributed by atoms with van der Waals surface area (Å²) in [6.45, 7) is 6.09.